The SMILES string of the molecule is CN(c1ccc(C#N)cc1)C(C)(C)C. The third-order valence-corrected chi connectivity index (χ3v) is 2.39. The maximum Gasteiger partial charge on any atom is 0.0991 e. The molecule has 1 rings (SSSR count). The van der Waals surface area contributed by atoms with Crippen LogP contribution in [0.2, 0.25) is 0 Å². The first kappa shape index (κ1) is 10.6. The molecule has 0 saturated heterocycles. The summed E-state index contributed by atoms with van der Waals surface area (Å²) in [5.74, 6) is 0. The van der Waals surface area contributed by atoms with E-state index in [1.165, 1.54) is 0 Å². The van der Waals surface area contributed by atoms with Crippen LogP contribution in [0.1, 0.15) is 26.3 Å². The zero-order chi connectivity index (χ0) is 10.8. The van der Waals surface area contributed by atoms with Crippen LogP contribution in [-0.4, -0.2) is 12.6 Å². The number of benzene rings is 1. The summed E-state index contributed by atoms with van der Waals surface area (Å²) < 4.78 is 0. The van der Waals surface area contributed by atoms with Crippen molar-refractivity contribution in [2.24, 2.45) is 0 Å². The first-order valence-electron chi connectivity index (χ1n) is 4.69. The van der Waals surface area contributed by atoms with E-state index in [9.17, 15) is 0 Å². The highest BCUT2D eigenvalue weighted by Crippen LogP contribution is 2.21. The van der Waals surface area contributed by atoms with Gasteiger partial charge in [-0.15, -0.1) is 0 Å². The zero-order valence-corrected chi connectivity index (χ0v) is 9.20. The van der Waals surface area contributed by atoms with Crippen molar-refractivity contribution in [3.63, 3.8) is 0 Å². The van der Waals surface area contributed by atoms with Crippen molar-refractivity contribution in [2.75, 3.05) is 11.9 Å². The molecule has 74 valence electrons. The molecule has 0 aliphatic carbocycles. The van der Waals surface area contributed by atoms with Gasteiger partial charge >= 0.3 is 0 Å². The molecule has 2 nitrogen and oxygen atoms in total. The molecule has 0 radical (unpaired) electrons. The zero-order valence-electron chi connectivity index (χ0n) is 9.20. The lowest BCUT2D eigenvalue weighted by Gasteiger charge is -2.34. The fraction of sp³-hybridized carbons (Fsp3) is 0.417. The Labute approximate surface area is 85.8 Å². The quantitative estimate of drug-likeness (QED) is 0.677. The molecule has 2 heteroatoms. The monoisotopic (exact) mass is 188 g/mol. The molecule has 0 fully saturated rings. The number of hydrogen-bond acceptors (Lipinski definition) is 2. The van der Waals surface area contributed by atoms with Crippen LogP contribution in [0.3, 0.4) is 0 Å². The average Bonchev–Trinajstić information content (AvgIpc) is 2.15. The fourth-order valence-electron chi connectivity index (χ4n) is 1.15. The van der Waals surface area contributed by atoms with Gasteiger partial charge in [-0.05, 0) is 45.0 Å². The molecule has 0 saturated carbocycles. The molecule has 0 N–H and O–H groups in total. The average molecular weight is 188 g/mol. The van der Waals surface area contributed by atoms with Crippen LogP contribution in [0.4, 0.5) is 5.69 Å². The van der Waals surface area contributed by atoms with Crippen LogP contribution in [-0.2, 0) is 0 Å². The Morgan fingerprint density at radius 3 is 2.00 bits per heavy atom. The molecular formula is C12H16N2. The van der Waals surface area contributed by atoms with Crippen molar-refractivity contribution >= 4 is 5.69 Å². The second-order valence-corrected chi connectivity index (χ2v) is 4.39. The van der Waals surface area contributed by atoms with Gasteiger partial charge in [0, 0.05) is 18.3 Å². The lowest BCUT2D eigenvalue weighted by molar-refractivity contribution is 0.539. The smallest absolute Gasteiger partial charge is 0.0991 e. The Bertz CT molecular complexity index is 338. The molecule has 0 atom stereocenters. The van der Waals surface area contributed by atoms with E-state index in [1.807, 2.05) is 24.3 Å². The Morgan fingerprint density at radius 1 is 1.14 bits per heavy atom. The third kappa shape index (κ3) is 2.26. The predicted octanol–water partition coefficient (Wildman–Crippen LogP) is 2.79. The number of anilines is 1. The summed E-state index contributed by atoms with van der Waals surface area (Å²) in [6.07, 6.45) is 0. The van der Waals surface area contributed by atoms with Gasteiger partial charge in [0.15, 0.2) is 0 Å². The highest BCUT2D eigenvalue weighted by Gasteiger charge is 2.16. The summed E-state index contributed by atoms with van der Waals surface area (Å²) in [6, 6.07) is 9.75. The van der Waals surface area contributed by atoms with E-state index in [-0.39, 0.29) is 5.54 Å². The van der Waals surface area contributed by atoms with Crippen LogP contribution in [0, 0.1) is 11.3 Å². The molecular weight excluding hydrogens is 172 g/mol. The topological polar surface area (TPSA) is 27.0 Å². The Hall–Kier alpha value is -1.49. The Balaban J connectivity index is 2.94. The van der Waals surface area contributed by atoms with Crippen molar-refractivity contribution < 1.29 is 0 Å². The van der Waals surface area contributed by atoms with Gasteiger partial charge in [0.2, 0.25) is 0 Å². The van der Waals surface area contributed by atoms with Gasteiger partial charge in [-0.1, -0.05) is 0 Å². The maximum absolute atomic E-state index is 8.66. The molecule has 14 heavy (non-hydrogen) atoms. The highest BCUT2D eigenvalue weighted by molar-refractivity contribution is 5.50. The van der Waals surface area contributed by atoms with Crippen LogP contribution in [0.25, 0.3) is 0 Å². The van der Waals surface area contributed by atoms with Gasteiger partial charge in [-0.25, -0.2) is 0 Å². The van der Waals surface area contributed by atoms with Crippen molar-refractivity contribution in [1.82, 2.24) is 0 Å². The van der Waals surface area contributed by atoms with E-state index in [2.05, 4.69) is 38.8 Å². The summed E-state index contributed by atoms with van der Waals surface area (Å²) in [4.78, 5) is 2.19. The number of nitriles is 1. The lowest BCUT2D eigenvalue weighted by Crippen LogP contribution is -2.37. The first-order chi connectivity index (χ1) is 6.45. The molecule has 0 aliphatic heterocycles. The summed E-state index contributed by atoms with van der Waals surface area (Å²) in [5.41, 5.74) is 1.95. The molecule has 0 amide bonds. The summed E-state index contributed by atoms with van der Waals surface area (Å²) >= 11 is 0. The molecule has 1 aromatic carbocycles. The van der Waals surface area contributed by atoms with Crippen LogP contribution < -0.4 is 4.90 Å². The minimum absolute atomic E-state index is 0.105. The van der Waals surface area contributed by atoms with Gasteiger partial charge in [0.25, 0.3) is 0 Å². The first-order valence-corrected chi connectivity index (χ1v) is 4.69. The minimum atomic E-state index is 0.105. The molecule has 1 aromatic rings. The van der Waals surface area contributed by atoms with Gasteiger partial charge < -0.3 is 4.90 Å². The van der Waals surface area contributed by atoms with Crippen molar-refractivity contribution in [1.29, 1.82) is 5.26 Å². The fourth-order valence-corrected chi connectivity index (χ4v) is 1.15. The molecule has 0 aromatic heterocycles. The largest absolute Gasteiger partial charge is 0.370 e. The van der Waals surface area contributed by atoms with E-state index >= 15 is 0 Å². The number of hydrogen-bond donors (Lipinski definition) is 0. The molecule has 0 spiro atoms. The maximum atomic E-state index is 8.66. The molecule has 0 heterocycles. The van der Waals surface area contributed by atoms with Crippen LogP contribution >= 0.6 is 0 Å². The van der Waals surface area contributed by atoms with Gasteiger partial charge in [-0.3, -0.25) is 0 Å². The number of nitrogens with zero attached hydrogens (tertiary/aromatic N) is 2. The standard InChI is InChI=1S/C12H16N2/c1-12(2,3)14(4)11-7-5-10(9-13)6-8-11/h5-8H,1-4H3. The normalized spacial score (nSPS) is 10.8. The molecule has 0 bridgehead atoms. The van der Waals surface area contributed by atoms with E-state index in [0.717, 1.165) is 5.69 Å². The second-order valence-electron chi connectivity index (χ2n) is 4.39. The Morgan fingerprint density at radius 2 is 1.64 bits per heavy atom. The van der Waals surface area contributed by atoms with Crippen LogP contribution in [0.15, 0.2) is 24.3 Å². The summed E-state index contributed by atoms with van der Waals surface area (Å²) in [7, 11) is 2.06. The minimum Gasteiger partial charge on any atom is -0.370 e. The van der Waals surface area contributed by atoms with Crippen molar-refractivity contribution in [3.8, 4) is 6.07 Å². The Kier molecular flexibility index (Phi) is 2.81. The van der Waals surface area contributed by atoms with Crippen LogP contribution in [0.5, 0.6) is 0 Å². The highest BCUT2D eigenvalue weighted by atomic mass is 15.2. The third-order valence-electron chi connectivity index (χ3n) is 2.39. The van der Waals surface area contributed by atoms with Gasteiger partial charge in [-0.2, -0.15) is 5.26 Å². The van der Waals surface area contributed by atoms with Crippen molar-refractivity contribution in [2.45, 2.75) is 26.3 Å². The lowest BCUT2D eigenvalue weighted by atomic mass is 10.1. The number of rotatable bonds is 1. The summed E-state index contributed by atoms with van der Waals surface area (Å²) in [5, 5.41) is 8.66. The predicted molar refractivity (Wildman–Crippen MR) is 59.3 cm³/mol. The van der Waals surface area contributed by atoms with Crippen molar-refractivity contribution in [3.05, 3.63) is 29.8 Å². The van der Waals surface area contributed by atoms with Gasteiger partial charge in [0.1, 0.15) is 0 Å². The molecule has 0 aliphatic rings. The molecule has 0 unspecified atom stereocenters. The van der Waals surface area contributed by atoms with Gasteiger partial charge in [0.05, 0.1) is 11.6 Å². The van der Waals surface area contributed by atoms with E-state index in [4.69, 9.17) is 5.26 Å². The second kappa shape index (κ2) is 3.71. The van der Waals surface area contributed by atoms with E-state index in [1.54, 1.807) is 0 Å². The van der Waals surface area contributed by atoms with E-state index in [0.29, 0.717) is 5.56 Å². The van der Waals surface area contributed by atoms with E-state index < -0.39 is 0 Å². The summed E-state index contributed by atoms with van der Waals surface area (Å²) in [6.45, 7) is 6.47.